The molecule has 0 aliphatic heterocycles. The van der Waals surface area contributed by atoms with Gasteiger partial charge in [0.1, 0.15) is 0 Å². The van der Waals surface area contributed by atoms with Crippen molar-refractivity contribution in [3.05, 3.63) is 23.8 Å². The van der Waals surface area contributed by atoms with Gasteiger partial charge in [-0.1, -0.05) is 23.2 Å². The number of aryl methyl sites for hydroxylation is 1. The van der Waals surface area contributed by atoms with E-state index in [1.165, 1.54) is 13.0 Å². The zero-order valence-electron chi connectivity index (χ0n) is 9.40. The van der Waals surface area contributed by atoms with Crippen molar-refractivity contribution in [3.8, 4) is 5.75 Å². The molecule has 0 bridgehead atoms. The van der Waals surface area contributed by atoms with E-state index in [4.69, 9.17) is 0 Å². The van der Waals surface area contributed by atoms with Crippen LogP contribution in [0.15, 0.2) is 18.2 Å². The number of ether oxygens (including phenoxy) is 1. The fourth-order valence-electron chi connectivity index (χ4n) is 1.33. The number of benzene rings is 1. The Morgan fingerprint density at radius 2 is 1.78 bits per heavy atom. The molecular formula is C10H10BF6O-. The van der Waals surface area contributed by atoms with Crippen LogP contribution < -0.4 is 10.2 Å². The summed E-state index contributed by atoms with van der Waals surface area (Å²) in [5.41, 5.74) is -0.635. The minimum absolute atomic E-state index is 0.368. The van der Waals surface area contributed by atoms with Crippen LogP contribution in [-0.4, -0.2) is 19.8 Å². The van der Waals surface area contributed by atoms with Gasteiger partial charge in [0.2, 0.25) is 0 Å². The highest BCUT2D eigenvalue weighted by atomic mass is 19.4. The summed E-state index contributed by atoms with van der Waals surface area (Å²) in [6.45, 7) is -4.67. The lowest BCUT2D eigenvalue weighted by atomic mass is 9.78. The summed E-state index contributed by atoms with van der Waals surface area (Å²) in [6.07, 6.45) is -5.74. The predicted octanol–water partition coefficient (Wildman–Crippen LogP) is 3.38. The van der Waals surface area contributed by atoms with E-state index in [-0.39, 0.29) is 0 Å². The van der Waals surface area contributed by atoms with Crippen LogP contribution in [-0.2, 0) is 0 Å². The molecule has 0 radical (unpaired) electrons. The lowest BCUT2D eigenvalue weighted by Gasteiger charge is -2.20. The smallest absolute Gasteiger partial charge is 0.496 e. The lowest BCUT2D eigenvalue weighted by molar-refractivity contribution is -0.139. The molecular weight excluding hydrogens is 261 g/mol. The third-order valence-electron chi connectivity index (χ3n) is 2.16. The van der Waals surface area contributed by atoms with Crippen LogP contribution in [0.3, 0.4) is 0 Å². The van der Waals surface area contributed by atoms with E-state index in [2.05, 4.69) is 4.74 Å². The monoisotopic (exact) mass is 271 g/mol. The van der Waals surface area contributed by atoms with Crippen molar-refractivity contribution in [1.29, 1.82) is 0 Å². The highest BCUT2D eigenvalue weighted by Crippen LogP contribution is 2.22. The van der Waals surface area contributed by atoms with Crippen molar-refractivity contribution in [2.75, 3.05) is 6.61 Å². The molecule has 0 saturated heterocycles. The largest absolute Gasteiger partial charge is 0.513 e. The Balaban J connectivity index is 2.83. The molecule has 8 heteroatoms. The Morgan fingerprint density at radius 3 is 2.28 bits per heavy atom. The maximum atomic E-state index is 12.6. The molecule has 0 heterocycles. The molecule has 0 saturated carbocycles. The average molecular weight is 271 g/mol. The summed E-state index contributed by atoms with van der Waals surface area (Å²) in [5.74, 6) is -0.558. The van der Waals surface area contributed by atoms with Gasteiger partial charge in [-0.15, -0.1) is 0 Å². The third-order valence-corrected chi connectivity index (χ3v) is 2.16. The fraction of sp³-hybridized carbons (Fsp3) is 0.400. The SMILES string of the molecule is Cc1ccc(OCCC(F)(F)F)c([B-](F)(F)F)c1. The molecule has 1 aromatic carbocycles. The average Bonchev–Trinajstić information content (AvgIpc) is 2.17. The lowest BCUT2D eigenvalue weighted by Crippen LogP contribution is -2.35. The molecule has 0 aromatic heterocycles. The Hall–Kier alpha value is -1.34. The van der Waals surface area contributed by atoms with Crippen molar-refractivity contribution in [2.24, 2.45) is 0 Å². The van der Waals surface area contributed by atoms with E-state index in [1.807, 2.05) is 0 Å². The van der Waals surface area contributed by atoms with Gasteiger partial charge in [-0.3, -0.25) is 0 Å². The number of hydrogen-bond donors (Lipinski definition) is 0. The molecule has 0 unspecified atom stereocenters. The molecule has 0 atom stereocenters. The Morgan fingerprint density at radius 1 is 1.17 bits per heavy atom. The van der Waals surface area contributed by atoms with Crippen molar-refractivity contribution >= 4 is 12.4 Å². The zero-order chi connectivity index (χ0) is 14.0. The first kappa shape index (κ1) is 14.7. The van der Waals surface area contributed by atoms with Gasteiger partial charge in [-0.25, -0.2) is 0 Å². The van der Waals surface area contributed by atoms with Crippen molar-refractivity contribution in [2.45, 2.75) is 19.5 Å². The second kappa shape index (κ2) is 5.11. The standard InChI is InChI=1S/C10H10BF6O/c1-7-2-3-9(8(6-7)11(15,16)17)18-5-4-10(12,13)14/h2-3,6H,4-5H2,1H3/q-1. The van der Waals surface area contributed by atoms with E-state index in [0.717, 1.165) is 12.1 Å². The quantitative estimate of drug-likeness (QED) is 0.602. The van der Waals surface area contributed by atoms with Crippen LogP contribution in [0.2, 0.25) is 0 Å². The molecule has 0 aliphatic rings. The summed E-state index contributed by atoms with van der Waals surface area (Å²) in [6, 6.07) is 3.26. The minimum atomic E-state index is -5.31. The van der Waals surface area contributed by atoms with Crippen molar-refractivity contribution < 1.29 is 30.9 Å². The van der Waals surface area contributed by atoms with Gasteiger partial charge in [-0.2, -0.15) is 13.2 Å². The molecule has 102 valence electrons. The van der Waals surface area contributed by atoms with Crippen LogP contribution in [0.1, 0.15) is 12.0 Å². The maximum Gasteiger partial charge on any atom is 0.513 e. The van der Waals surface area contributed by atoms with E-state index in [1.54, 1.807) is 0 Å². The molecule has 0 fully saturated rings. The van der Waals surface area contributed by atoms with Crippen LogP contribution in [0, 0.1) is 6.92 Å². The van der Waals surface area contributed by atoms with Crippen molar-refractivity contribution in [1.82, 2.24) is 0 Å². The number of halogens is 6. The highest BCUT2D eigenvalue weighted by Gasteiger charge is 2.30. The molecule has 0 aliphatic carbocycles. The third kappa shape index (κ3) is 4.50. The van der Waals surface area contributed by atoms with E-state index < -0.39 is 37.4 Å². The summed E-state index contributed by atoms with van der Waals surface area (Å²) < 4.78 is 78.1. The van der Waals surface area contributed by atoms with Gasteiger partial charge in [0.05, 0.1) is 18.8 Å². The first-order valence-electron chi connectivity index (χ1n) is 5.09. The number of hydrogen-bond acceptors (Lipinski definition) is 1. The highest BCUT2D eigenvalue weighted by molar-refractivity contribution is 6.74. The molecule has 0 amide bonds. The normalized spacial score (nSPS) is 12.6. The summed E-state index contributed by atoms with van der Waals surface area (Å²) in [4.78, 5) is 0. The second-order valence-electron chi connectivity index (χ2n) is 3.83. The summed E-state index contributed by atoms with van der Waals surface area (Å²) >= 11 is 0. The Kier molecular flexibility index (Phi) is 4.18. The van der Waals surface area contributed by atoms with Gasteiger partial charge in [0.25, 0.3) is 0 Å². The Labute approximate surface area is 99.8 Å². The summed E-state index contributed by atoms with van der Waals surface area (Å²) in [7, 11) is 0. The number of alkyl halides is 3. The molecule has 1 aromatic rings. The van der Waals surface area contributed by atoms with E-state index in [0.29, 0.717) is 5.56 Å². The van der Waals surface area contributed by atoms with Crippen LogP contribution in [0.25, 0.3) is 0 Å². The van der Waals surface area contributed by atoms with Gasteiger partial charge >= 0.3 is 13.2 Å². The van der Waals surface area contributed by atoms with Crippen LogP contribution in [0.4, 0.5) is 26.1 Å². The topological polar surface area (TPSA) is 9.23 Å². The van der Waals surface area contributed by atoms with Gasteiger partial charge < -0.3 is 17.7 Å². The van der Waals surface area contributed by atoms with Gasteiger partial charge in [0, 0.05) is 0 Å². The van der Waals surface area contributed by atoms with Crippen LogP contribution in [0.5, 0.6) is 5.75 Å². The molecule has 0 spiro atoms. The minimum Gasteiger partial charge on any atom is -0.496 e. The zero-order valence-corrected chi connectivity index (χ0v) is 9.40. The maximum absolute atomic E-state index is 12.6. The molecule has 18 heavy (non-hydrogen) atoms. The van der Waals surface area contributed by atoms with Crippen molar-refractivity contribution in [3.63, 3.8) is 0 Å². The molecule has 0 N–H and O–H groups in total. The second-order valence-corrected chi connectivity index (χ2v) is 3.83. The first-order valence-corrected chi connectivity index (χ1v) is 5.09. The fourth-order valence-corrected chi connectivity index (χ4v) is 1.33. The van der Waals surface area contributed by atoms with Crippen LogP contribution >= 0.6 is 0 Å². The first-order chi connectivity index (χ1) is 8.09. The van der Waals surface area contributed by atoms with Gasteiger partial charge in [0.15, 0.2) is 0 Å². The Bertz CT molecular complexity index is 412. The predicted molar refractivity (Wildman–Crippen MR) is 56.1 cm³/mol. The number of rotatable bonds is 4. The van der Waals surface area contributed by atoms with E-state index >= 15 is 0 Å². The van der Waals surface area contributed by atoms with Gasteiger partial charge in [-0.05, 0) is 13.0 Å². The van der Waals surface area contributed by atoms with E-state index in [9.17, 15) is 26.1 Å². The molecule has 1 rings (SSSR count). The summed E-state index contributed by atoms with van der Waals surface area (Å²) in [5, 5.41) is 0. The molecule has 1 nitrogen and oxygen atoms in total.